The highest BCUT2D eigenvalue weighted by Crippen LogP contribution is 2.20. The van der Waals surface area contributed by atoms with Gasteiger partial charge in [-0.2, -0.15) is 0 Å². The molecule has 0 aliphatic heterocycles. The Morgan fingerprint density at radius 1 is 1.36 bits per heavy atom. The standard InChI is InChI=1S/C11H19/c1-5-7-8-10-11(3,4)9-6-2/h1,5-7,9H2,2-4H3. The molecule has 0 unspecified atom stereocenters. The van der Waals surface area contributed by atoms with Crippen molar-refractivity contribution < 1.29 is 0 Å². The summed E-state index contributed by atoms with van der Waals surface area (Å²) in [5.41, 5.74) is 0.212. The van der Waals surface area contributed by atoms with E-state index in [0.29, 0.717) is 0 Å². The fourth-order valence-corrected chi connectivity index (χ4v) is 1.08. The summed E-state index contributed by atoms with van der Waals surface area (Å²) in [5, 5.41) is 0. The van der Waals surface area contributed by atoms with Crippen LogP contribution in [0.15, 0.2) is 0 Å². The zero-order valence-electron chi connectivity index (χ0n) is 8.04. The van der Waals surface area contributed by atoms with Gasteiger partial charge in [-0.3, -0.25) is 0 Å². The van der Waals surface area contributed by atoms with Crippen LogP contribution >= 0.6 is 0 Å². The lowest BCUT2D eigenvalue weighted by Gasteiger charge is -2.15. The van der Waals surface area contributed by atoms with Gasteiger partial charge in [-0.25, -0.2) is 0 Å². The lowest BCUT2D eigenvalue weighted by atomic mass is 9.89. The van der Waals surface area contributed by atoms with Crippen molar-refractivity contribution in [2.75, 3.05) is 0 Å². The van der Waals surface area contributed by atoms with Gasteiger partial charge in [-0.1, -0.05) is 26.2 Å². The molecule has 0 heterocycles. The van der Waals surface area contributed by atoms with Gasteiger partial charge in [-0.05, 0) is 26.7 Å². The molecule has 0 heteroatoms. The molecule has 11 heavy (non-hydrogen) atoms. The van der Waals surface area contributed by atoms with Gasteiger partial charge in [0.05, 0.1) is 0 Å². The average Bonchev–Trinajstić information content (AvgIpc) is 1.87. The van der Waals surface area contributed by atoms with Crippen LogP contribution in [0.1, 0.15) is 46.5 Å². The van der Waals surface area contributed by atoms with Crippen molar-refractivity contribution in [3.8, 4) is 11.8 Å². The van der Waals surface area contributed by atoms with E-state index in [1.54, 1.807) is 0 Å². The minimum absolute atomic E-state index is 0.212. The molecule has 0 aromatic carbocycles. The molecular weight excluding hydrogens is 132 g/mol. The predicted octanol–water partition coefficient (Wildman–Crippen LogP) is 3.43. The Balaban J connectivity index is 3.81. The molecule has 0 aromatic heterocycles. The third-order valence-electron chi connectivity index (χ3n) is 1.60. The average molecular weight is 151 g/mol. The lowest BCUT2D eigenvalue weighted by molar-refractivity contribution is 0.451. The van der Waals surface area contributed by atoms with Gasteiger partial charge in [0.25, 0.3) is 0 Å². The number of unbranched alkanes of at least 4 members (excludes halogenated alkanes) is 1. The van der Waals surface area contributed by atoms with Crippen LogP contribution in [0.5, 0.6) is 0 Å². The molecule has 0 nitrogen and oxygen atoms in total. The van der Waals surface area contributed by atoms with Crippen molar-refractivity contribution in [2.45, 2.75) is 46.5 Å². The van der Waals surface area contributed by atoms with Crippen LogP contribution in [0, 0.1) is 24.2 Å². The summed E-state index contributed by atoms with van der Waals surface area (Å²) in [6.45, 7) is 10.3. The minimum atomic E-state index is 0.212. The highest BCUT2D eigenvalue weighted by Gasteiger charge is 2.11. The Morgan fingerprint density at radius 3 is 2.45 bits per heavy atom. The molecule has 0 N–H and O–H groups in total. The molecule has 0 bridgehead atoms. The highest BCUT2D eigenvalue weighted by atomic mass is 14.1. The summed E-state index contributed by atoms with van der Waals surface area (Å²) in [4.78, 5) is 0. The third kappa shape index (κ3) is 5.98. The van der Waals surface area contributed by atoms with Crippen molar-refractivity contribution in [2.24, 2.45) is 5.41 Å². The molecule has 0 aliphatic carbocycles. The van der Waals surface area contributed by atoms with E-state index in [2.05, 4.69) is 39.5 Å². The molecule has 0 amide bonds. The van der Waals surface area contributed by atoms with Gasteiger partial charge in [0.1, 0.15) is 0 Å². The van der Waals surface area contributed by atoms with Crippen molar-refractivity contribution >= 4 is 0 Å². The second kappa shape index (κ2) is 5.24. The number of hydrogen-bond donors (Lipinski definition) is 0. The first-order valence-electron chi connectivity index (χ1n) is 4.41. The van der Waals surface area contributed by atoms with E-state index in [-0.39, 0.29) is 5.41 Å². The molecule has 0 saturated heterocycles. The fraction of sp³-hybridized carbons (Fsp3) is 0.727. The van der Waals surface area contributed by atoms with Gasteiger partial charge in [0.2, 0.25) is 0 Å². The quantitative estimate of drug-likeness (QED) is 0.542. The predicted molar refractivity (Wildman–Crippen MR) is 51.1 cm³/mol. The summed E-state index contributed by atoms with van der Waals surface area (Å²) in [6, 6.07) is 0. The molecule has 1 radical (unpaired) electrons. The summed E-state index contributed by atoms with van der Waals surface area (Å²) in [5.74, 6) is 6.42. The Hall–Kier alpha value is -0.440. The fourth-order valence-electron chi connectivity index (χ4n) is 1.08. The maximum Gasteiger partial charge on any atom is 0.0258 e. The zero-order valence-corrected chi connectivity index (χ0v) is 8.04. The molecule has 0 aliphatic rings. The van der Waals surface area contributed by atoms with Crippen LogP contribution in [0.2, 0.25) is 0 Å². The van der Waals surface area contributed by atoms with Gasteiger partial charge in [-0.15, -0.1) is 5.92 Å². The normalized spacial score (nSPS) is 10.5. The van der Waals surface area contributed by atoms with E-state index in [0.717, 1.165) is 12.8 Å². The monoisotopic (exact) mass is 151 g/mol. The summed E-state index contributed by atoms with van der Waals surface area (Å²) in [6.07, 6.45) is 4.27. The van der Waals surface area contributed by atoms with Crippen LogP contribution in [0.3, 0.4) is 0 Å². The second-order valence-electron chi connectivity index (χ2n) is 3.54. The zero-order chi connectivity index (χ0) is 8.74. The van der Waals surface area contributed by atoms with Crippen LogP contribution in [-0.2, 0) is 0 Å². The Bertz CT molecular complexity index is 143. The Morgan fingerprint density at radius 2 is 2.00 bits per heavy atom. The summed E-state index contributed by atoms with van der Waals surface area (Å²) >= 11 is 0. The van der Waals surface area contributed by atoms with Crippen LogP contribution in [0.4, 0.5) is 0 Å². The highest BCUT2D eigenvalue weighted by molar-refractivity contribution is 5.08. The van der Waals surface area contributed by atoms with Crippen LogP contribution in [0.25, 0.3) is 0 Å². The van der Waals surface area contributed by atoms with E-state index in [1.807, 2.05) is 0 Å². The Kier molecular flexibility index (Phi) is 5.03. The van der Waals surface area contributed by atoms with Crippen molar-refractivity contribution in [1.82, 2.24) is 0 Å². The first kappa shape index (κ1) is 10.6. The second-order valence-corrected chi connectivity index (χ2v) is 3.54. The van der Waals surface area contributed by atoms with Crippen molar-refractivity contribution in [3.05, 3.63) is 6.92 Å². The smallest absolute Gasteiger partial charge is 0.0258 e. The molecular formula is C11H19. The van der Waals surface area contributed by atoms with Gasteiger partial charge >= 0.3 is 0 Å². The first-order chi connectivity index (χ1) is 5.12. The van der Waals surface area contributed by atoms with E-state index in [1.165, 1.54) is 12.8 Å². The maximum atomic E-state index is 3.75. The first-order valence-corrected chi connectivity index (χ1v) is 4.41. The van der Waals surface area contributed by atoms with Crippen molar-refractivity contribution in [3.63, 3.8) is 0 Å². The molecule has 0 aromatic rings. The molecule has 0 atom stereocenters. The SMILES string of the molecule is [CH2]CCC#CC(C)(C)CCC. The summed E-state index contributed by atoms with van der Waals surface area (Å²) in [7, 11) is 0. The molecule has 63 valence electrons. The van der Waals surface area contributed by atoms with Crippen molar-refractivity contribution in [1.29, 1.82) is 0 Å². The number of rotatable bonds is 3. The third-order valence-corrected chi connectivity index (χ3v) is 1.60. The molecule has 0 saturated carbocycles. The maximum absolute atomic E-state index is 3.75. The van der Waals surface area contributed by atoms with E-state index >= 15 is 0 Å². The van der Waals surface area contributed by atoms with Gasteiger partial charge in [0, 0.05) is 11.8 Å². The largest absolute Gasteiger partial charge is 0.103 e. The Labute approximate surface area is 71.4 Å². The minimum Gasteiger partial charge on any atom is -0.103 e. The van der Waals surface area contributed by atoms with Crippen LogP contribution < -0.4 is 0 Å². The van der Waals surface area contributed by atoms with E-state index < -0.39 is 0 Å². The van der Waals surface area contributed by atoms with Gasteiger partial charge in [0.15, 0.2) is 0 Å². The van der Waals surface area contributed by atoms with E-state index in [9.17, 15) is 0 Å². The van der Waals surface area contributed by atoms with Gasteiger partial charge < -0.3 is 0 Å². The molecule has 0 rings (SSSR count). The molecule has 0 spiro atoms. The van der Waals surface area contributed by atoms with E-state index in [4.69, 9.17) is 0 Å². The lowest BCUT2D eigenvalue weighted by Crippen LogP contribution is -2.06. The number of hydrogen-bond acceptors (Lipinski definition) is 0. The van der Waals surface area contributed by atoms with Crippen LogP contribution in [-0.4, -0.2) is 0 Å². The molecule has 0 fully saturated rings. The topological polar surface area (TPSA) is 0 Å². The summed E-state index contributed by atoms with van der Waals surface area (Å²) < 4.78 is 0.